The number of nitrogens with zero attached hydrogens (tertiary/aromatic N) is 1. The molecule has 0 saturated carbocycles. The van der Waals surface area contributed by atoms with E-state index >= 15 is 0 Å². The van der Waals surface area contributed by atoms with E-state index in [0.29, 0.717) is 16.9 Å². The monoisotopic (exact) mass is 368 g/mol. The summed E-state index contributed by atoms with van der Waals surface area (Å²) < 4.78 is 23.1. The van der Waals surface area contributed by atoms with Crippen LogP contribution in [0.4, 0.5) is 10.1 Å². The molecule has 2 aromatic carbocycles. The molecule has 0 bridgehead atoms. The summed E-state index contributed by atoms with van der Waals surface area (Å²) in [6.07, 6.45) is 1.34. The molecule has 2 aromatic rings. The highest BCUT2D eigenvalue weighted by Gasteiger charge is 2.14. The highest BCUT2D eigenvalue weighted by Crippen LogP contribution is 2.16. The van der Waals surface area contributed by atoms with Crippen molar-refractivity contribution < 1.29 is 23.5 Å². The fourth-order valence-electron chi connectivity index (χ4n) is 2.13. The fourth-order valence-corrected chi connectivity index (χ4v) is 2.13. The van der Waals surface area contributed by atoms with Crippen molar-refractivity contribution in [1.29, 1.82) is 5.26 Å². The largest absolute Gasteiger partial charge is 0.497 e. The average Bonchev–Trinajstić information content (AvgIpc) is 2.67. The second-order valence-electron chi connectivity index (χ2n) is 5.53. The summed E-state index contributed by atoms with van der Waals surface area (Å²) in [4.78, 5) is 23.9. The molecule has 0 spiro atoms. The number of nitrogens with one attached hydrogen (secondary N) is 1. The number of amides is 1. The predicted molar refractivity (Wildman–Crippen MR) is 97.3 cm³/mol. The Kier molecular flexibility index (Phi) is 6.67. The molecule has 0 aliphatic heterocycles. The normalized spacial score (nSPS) is 10.7. The predicted octanol–water partition coefficient (Wildman–Crippen LogP) is 3.23. The molecule has 7 heteroatoms. The first kappa shape index (κ1) is 19.7. The van der Waals surface area contributed by atoms with E-state index in [9.17, 15) is 14.0 Å². The van der Waals surface area contributed by atoms with Crippen molar-refractivity contribution >= 4 is 23.6 Å². The maximum Gasteiger partial charge on any atom is 0.349 e. The molecular formula is C20H17FN2O4. The molecule has 0 radical (unpaired) electrons. The van der Waals surface area contributed by atoms with Gasteiger partial charge in [-0.3, -0.25) is 4.79 Å². The van der Waals surface area contributed by atoms with Gasteiger partial charge in [0.2, 0.25) is 0 Å². The smallest absolute Gasteiger partial charge is 0.349 e. The number of nitriles is 1. The second-order valence-corrected chi connectivity index (χ2v) is 5.53. The molecule has 0 aromatic heterocycles. The second kappa shape index (κ2) is 9.15. The first-order valence-corrected chi connectivity index (χ1v) is 7.92. The first-order chi connectivity index (χ1) is 12.9. The van der Waals surface area contributed by atoms with E-state index in [2.05, 4.69) is 5.32 Å². The lowest BCUT2D eigenvalue weighted by molar-refractivity contribution is -0.142. The van der Waals surface area contributed by atoms with Crippen LogP contribution < -0.4 is 10.1 Å². The third-order valence-electron chi connectivity index (χ3n) is 3.58. The first-order valence-electron chi connectivity index (χ1n) is 7.92. The van der Waals surface area contributed by atoms with Crippen LogP contribution in [0, 0.1) is 24.1 Å². The zero-order valence-corrected chi connectivity index (χ0v) is 14.8. The summed E-state index contributed by atoms with van der Waals surface area (Å²) in [6, 6.07) is 12.4. The molecule has 2 rings (SSSR count). The molecule has 0 heterocycles. The number of benzene rings is 2. The van der Waals surface area contributed by atoms with E-state index in [1.807, 2.05) is 0 Å². The van der Waals surface area contributed by atoms with E-state index in [0.717, 1.165) is 0 Å². The van der Waals surface area contributed by atoms with E-state index in [1.54, 1.807) is 37.3 Å². The van der Waals surface area contributed by atoms with Crippen LogP contribution in [0.25, 0.3) is 6.08 Å². The Morgan fingerprint density at radius 2 is 1.93 bits per heavy atom. The van der Waals surface area contributed by atoms with Gasteiger partial charge in [0.1, 0.15) is 23.2 Å². The van der Waals surface area contributed by atoms with Gasteiger partial charge in [-0.1, -0.05) is 18.2 Å². The number of hydrogen-bond acceptors (Lipinski definition) is 5. The van der Waals surface area contributed by atoms with Gasteiger partial charge in [-0.2, -0.15) is 5.26 Å². The lowest BCUT2D eigenvalue weighted by Crippen LogP contribution is -2.21. The molecule has 0 saturated heterocycles. The van der Waals surface area contributed by atoms with Gasteiger partial charge in [0.15, 0.2) is 6.61 Å². The van der Waals surface area contributed by atoms with Crippen molar-refractivity contribution in [2.75, 3.05) is 19.0 Å². The number of halogens is 1. The number of hydrogen-bond donors (Lipinski definition) is 1. The third-order valence-corrected chi connectivity index (χ3v) is 3.58. The molecule has 0 aliphatic carbocycles. The Balaban J connectivity index is 1.97. The number of aryl methyl sites for hydroxylation is 1. The van der Waals surface area contributed by atoms with Gasteiger partial charge in [-0.15, -0.1) is 0 Å². The molecule has 0 unspecified atom stereocenters. The minimum absolute atomic E-state index is 0.255. The van der Waals surface area contributed by atoms with Gasteiger partial charge in [0.05, 0.1) is 7.11 Å². The Hall–Kier alpha value is -3.66. The SMILES string of the molecule is COc1ccc(/C=C(\C#N)C(=O)OCC(=O)Nc2cc(F)ccc2C)cc1. The van der Waals surface area contributed by atoms with E-state index in [4.69, 9.17) is 14.7 Å². The maximum atomic E-state index is 13.2. The van der Waals surface area contributed by atoms with Crippen molar-refractivity contribution in [3.63, 3.8) is 0 Å². The molecule has 6 nitrogen and oxygen atoms in total. The molecule has 1 N–H and O–H groups in total. The molecular weight excluding hydrogens is 351 g/mol. The molecule has 0 atom stereocenters. The van der Waals surface area contributed by atoms with Crippen LogP contribution in [0.15, 0.2) is 48.0 Å². The molecule has 0 fully saturated rings. The van der Waals surface area contributed by atoms with Crippen LogP contribution >= 0.6 is 0 Å². The minimum atomic E-state index is -0.931. The van der Waals surface area contributed by atoms with Crippen molar-refractivity contribution in [1.82, 2.24) is 0 Å². The Morgan fingerprint density at radius 1 is 1.22 bits per heavy atom. The lowest BCUT2D eigenvalue weighted by Gasteiger charge is -2.09. The molecule has 138 valence electrons. The number of anilines is 1. The highest BCUT2D eigenvalue weighted by atomic mass is 19.1. The Bertz CT molecular complexity index is 915. The van der Waals surface area contributed by atoms with Crippen molar-refractivity contribution in [2.45, 2.75) is 6.92 Å². The number of carbonyl (C=O) groups is 2. The number of methoxy groups -OCH3 is 1. The summed E-state index contributed by atoms with van der Waals surface area (Å²) in [6.45, 7) is 1.10. The zero-order chi connectivity index (χ0) is 19.8. The van der Waals surface area contributed by atoms with Crippen molar-refractivity contribution in [3.8, 4) is 11.8 Å². The van der Waals surface area contributed by atoms with E-state index in [1.165, 1.54) is 31.4 Å². The van der Waals surface area contributed by atoms with Crippen molar-refractivity contribution in [2.24, 2.45) is 0 Å². The Labute approximate surface area is 155 Å². The molecule has 27 heavy (non-hydrogen) atoms. The summed E-state index contributed by atoms with van der Waals surface area (Å²) in [5, 5.41) is 11.6. The quantitative estimate of drug-likeness (QED) is 0.480. The average molecular weight is 368 g/mol. The fraction of sp³-hybridized carbons (Fsp3) is 0.150. The number of carbonyl (C=O) groups excluding carboxylic acids is 2. The number of esters is 1. The van der Waals surface area contributed by atoms with Crippen LogP contribution in [0.3, 0.4) is 0 Å². The Morgan fingerprint density at radius 3 is 2.56 bits per heavy atom. The van der Waals surface area contributed by atoms with Crippen molar-refractivity contribution in [3.05, 3.63) is 65.0 Å². The van der Waals surface area contributed by atoms with Gasteiger partial charge in [0.25, 0.3) is 5.91 Å². The third kappa shape index (κ3) is 5.68. The lowest BCUT2D eigenvalue weighted by atomic mass is 10.1. The molecule has 1 amide bonds. The number of ether oxygens (including phenoxy) is 2. The topological polar surface area (TPSA) is 88.4 Å². The minimum Gasteiger partial charge on any atom is -0.497 e. The van der Waals surface area contributed by atoms with E-state index < -0.39 is 24.3 Å². The summed E-state index contributed by atoms with van der Waals surface area (Å²) >= 11 is 0. The van der Waals surface area contributed by atoms with Gasteiger partial charge in [-0.05, 0) is 48.4 Å². The zero-order valence-electron chi connectivity index (χ0n) is 14.8. The van der Waals surface area contributed by atoms with E-state index in [-0.39, 0.29) is 11.3 Å². The summed E-state index contributed by atoms with van der Waals surface area (Å²) in [5.41, 5.74) is 1.29. The van der Waals surface area contributed by atoms with Gasteiger partial charge in [-0.25, -0.2) is 9.18 Å². The van der Waals surface area contributed by atoms with Crippen LogP contribution in [0.2, 0.25) is 0 Å². The summed E-state index contributed by atoms with van der Waals surface area (Å²) in [7, 11) is 1.53. The summed E-state index contributed by atoms with van der Waals surface area (Å²) in [5.74, 6) is -1.43. The maximum absolute atomic E-state index is 13.2. The highest BCUT2D eigenvalue weighted by molar-refractivity contribution is 6.00. The van der Waals surface area contributed by atoms with Crippen LogP contribution in [-0.2, 0) is 14.3 Å². The molecule has 0 aliphatic rings. The number of rotatable bonds is 6. The van der Waals surface area contributed by atoms with Gasteiger partial charge < -0.3 is 14.8 Å². The van der Waals surface area contributed by atoms with Crippen LogP contribution in [-0.4, -0.2) is 25.6 Å². The standard InChI is InChI=1S/C20H17FN2O4/c1-13-3-6-16(21)10-18(13)23-19(24)12-27-20(25)15(11-22)9-14-4-7-17(26-2)8-5-14/h3-10H,12H2,1-2H3,(H,23,24)/b15-9+. The van der Waals surface area contributed by atoms with Gasteiger partial charge in [0, 0.05) is 5.69 Å². The van der Waals surface area contributed by atoms with Crippen LogP contribution in [0.1, 0.15) is 11.1 Å². The van der Waals surface area contributed by atoms with Gasteiger partial charge >= 0.3 is 5.97 Å². The van der Waals surface area contributed by atoms with Crippen LogP contribution in [0.5, 0.6) is 5.75 Å².